The summed E-state index contributed by atoms with van der Waals surface area (Å²) in [7, 11) is 0. The molecule has 2 aromatic heterocycles. The maximum Gasteiger partial charge on any atom is 0.328 e. The van der Waals surface area contributed by atoms with Gasteiger partial charge in [0.15, 0.2) is 0 Å². The van der Waals surface area contributed by atoms with E-state index in [0.717, 1.165) is 58.4 Å². The molecule has 0 unspecified atom stereocenters. The number of carboxylic acids is 2. The first-order valence-corrected chi connectivity index (χ1v) is 11.6. The van der Waals surface area contributed by atoms with Crippen LogP contribution in [0, 0.1) is 11.3 Å². The number of carbonyl (C=O) groups is 2. The molecule has 1 fully saturated rings. The number of thiophene rings is 1. The molecule has 3 heterocycles. The second-order valence-corrected chi connectivity index (χ2v) is 9.17. The molecule has 0 amide bonds. The highest BCUT2D eigenvalue weighted by Gasteiger charge is 2.20. The minimum atomic E-state index is -1.26. The highest BCUT2D eigenvalue weighted by atomic mass is 35.5. The van der Waals surface area contributed by atoms with Crippen LogP contribution in [-0.2, 0) is 16.1 Å². The third-order valence-electron chi connectivity index (χ3n) is 5.06. The molecule has 0 aliphatic carbocycles. The molecule has 9 nitrogen and oxygen atoms in total. The van der Waals surface area contributed by atoms with Crippen LogP contribution in [0.3, 0.4) is 0 Å². The number of hydrogen-bond acceptors (Lipinski definition) is 8. The van der Waals surface area contributed by atoms with E-state index in [1.54, 1.807) is 6.33 Å². The molecule has 0 bridgehead atoms. The molecule has 3 N–H and O–H groups in total. The van der Waals surface area contributed by atoms with E-state index in [1.165, 1.54) is 16.9 Å². The van der Waals surface area contributed by atoms with Gasteiger partial charge in [-0.3, -0.25) is 4.90 Å². The van der Waals surface area contributed by atoms with E-state index in [4.69, 9.17) is 27.1 Å². The summed E-state index contributed by atoms with van der Waals surface area (Å²) in [6.07, 6.45) is 4.82. The van der Waals surface area contributed by atoms with Crippen molar-refractivity contribution in [2.24, 2.45) is 0 Å². The molecule has 11 heteroatoms. The topological polar surface area (TPSA) is 139 Å². The Kier molecular flexibility index (Phi) is 8.93. The Morgan fingerprint density at radius 2 is 1.94 bits per heavy atom. The predicted molar refractivity (Wildman–Crippen MR) is 132 cm³/mol. The van der Waals surface area contributed by atoms with Crippen LogP contribution < -0.4 is 5.32 Å². The Labute approximate surface area is 206 Å². The van der Waals surface area contributed by atoms with E-state index in [9.17, 15) is 9.59 Å². The molecule has 1 saturated heterocycles. The second-order valence-electron chi connectivity index (χ2n) is 7.51. The summed E-state index contributed by atoms with van der Waals surface area (Å²) >= 11 is 7.59. The van der Waals surface area contributed by atoms with Gasteiger partial charge in [-0.05, 0) is 36.6 Å². The maximum absolute atomic E-state index is 9.55. The first kappa shape index (κ1) is 25.1. The number of likely N-dealkylation sites (tertiary alicyclic amines) is 1. The largest absolute Gasteiger partial charge is 0.478 e. The smallest absolute Gasteiger partial charge is 0.328 e. The zero-order valence-electron chi connectivity index (χ0n) is 18.0. The van der Waals surface area contributed by atoms with Gasteiger partial charge in [-0.1, -0.05) is 23.7 Å². The highest BCUT2D eigenvalue weighted by molar-refractivity contribution is 7.22. The minimum absolute atomic E-state index is 0. The number of fused-ring (bicyclic) bond motifs is 1. The quantitative estimate of drug-likeness (QED) is 0.423. The first-order chi connectivity index (χ1) is 16.3. The number of benzene rings is 1. The number of carboxylic acid groups (broad SMARTS) is 2. The van der Waals surface area contributed by atoms with E-state index < -0.39 is 11.9 Å². The van der Waals surface area contributed by atoms with Gasteiger partial charge < -0.3 is 15.5 Å². The summed E-state index contributed by atoms with van der Waals surface area (Å²) in [4.78, 5) is 31.1. The van der Waals surface area contributed by atoms with Gasteiger partial charge in [-0.15, -0.1) is 11.3 Å². The molecule has 1 aliphatic heterocycles. The average Bonchev–Trinajstić information content (AvgIpc) is 3.21. The van der Waals surface area contributed by atoms with Crippen molar-refractivity contribution in [2.75, 3.05) is 18.4 Å². The zero-order chi connectivity index (χ0) is 24.5. The molecule has 0 radical (unpaired) electrons. The van der Waals surface area contributed by atoms with Crippen LogP contribution in [0.25, 0.3) is 10.2 Å². The number of halogens is 1. The lowest BCUT2D eigenvalue weighted by atomic mass is 10.0. The monoisotopic (exact) mass is 501 g/mol. The third-order valence-corrected chi connectivity index (χ3v) is 6.23. The lowest BCUT2D eigenvalue weighted by molar-refractivity contribution is -0.134. The van der Waals surface area contributed by atoms with Gasteiger partial charge in [0.1, 0.15) is 17.0 Å². The Balaban J connectivity index is 0.000000418. The van der Waals surface area contributed by atoms with Gasteiger partial charge in [0, 0.05) is 39.3 Å². The lowest BCUT2D eigenvalue weighted by Crippen LogP contribution is -2.38. The van der Waals surface area contributed by atoms with Gasteiger partial charge in [0.2, 0.25) is 0 Å². The summed E-state index contributed by atoms with van der Waals surface area (Å²) in [5, 5.41) is 29.2. The molecule has 0 atom stereocenters. The fourth-order valence-electron chi connectivity index (χ4n) is 3.51. The number of aliphatic carboxylic acids is 2. The number of aromatic nitrogens is 2. The number of piperidine rings is 1. The molecular formula is C23H24ClN5O4S. The predicted octanol–water partition coefficient (Wildman–Crippen LogP) is 4.25. The fraction of sp³-hybridized carbons (Fsp3) is 0.261. The Hall–Kier alpha value is -3.52. The van der Waals surface area contributed by atoms with E-state index in [-0.39, 0.29) is 1.43 Å². The zero-order valence-corrected chi connectivity index (χ0v) is 19.6. The molecule has 3 aromatic rings. The lowest BCUT2D eigenvalue weighted by Gasteiger charge is -2.32. The molecule has 178 valence electrons. The van der Waals surface area contributed by atoms with Crippen molar-refractivity contribution >= 4 is 50.9 Å². The third kappa shape index (κ3) is 7.52. The van der Waals surface area contributed by atoms with Crippen molar-refractivity contribution in [1.82, 2.24) is 14.9 Å². The molecule has 34 heavy (non-hydrogen) atoms. The van der Waals surface area contributed by atoms with Crippen molar-refractivity contribution in [2.45, 2.75) is 25.4 Å². The van der Waals surface area contributed by atoms with Crippen molar-refractivity contribution in [1.29, 1.82) is 5.26 Å². The SMILES string of the molecule is N#Cc1cccc(CN2CCC(Nc3ncnc4sc(Cl)cc34)CC2)c1.O=C(O)/C=C\C(=O)O.[HH]. The van der Waals surface area contributed by atoms with Crippen LogP contribution in [0.5, 0.6) is 0 Å². The number of nitriles is 1. The number of anilines is 1. The van der Waals surface area contributed by atoms with Crippen LogP contribution in [-0.4, -0.2) is 56.2 Å². The molecule has 0 spiro atoms. The number of rotatable bonds is 6. The van der Waals surface area contributed by atoms with E-state index in [1.807, 2.05) is 24.3 Å². The molecular weight excluding hydrogens is 478 g/mol. The summed E-state index contributed by atoms with van der Waals surface area (Å²) in [5.74, 6) is -1.64. The fourth-order valence-corrected chi connectivity index (χ4v) is 4.57. The van der Waals surface area contributed by atoms with Gasteiger partial charge >= 0.3 is 11.9 Å². The summed E-state index contributed by atoms with van der Waals surface area (Å²) < 4.78 is 0.734. The van der Waals surface area contributed by atoms with Crippen LogP contribution in [0.1, 0.15) is 25.4 Å². The van der Waals surface area contributed by atoms with Crippen LogP contribution >= 0.6 is 22.9 Å². The van der Waals surface area contributed by atoms with E-state index >= 15 is 0 Å². The van der Waals surface area contributed by atoms with Crippen LogP contribution in [0.15, 0.2) is 48.8 Å². The van der Waals surface area contributed by atoms with Gasteiger partial charge in [-0.2, -0.15) is 5.26 Å². The van der Waals surface area contributed by atoms with Crippen LogP contribution in [0.4, 0.5) is 5.82 Å². The second kappa shape index (κ2) is 12.1. The van der Waals surface area contributed by atoms with Gasteiger partial charge in [-0.25, -0.2) is 19.6 Å². The average molecular weight is 502 g/mol. The van der Waals surface area contributed by atoms with Crippen molar-refractivity contribution in [3.63, 3.8) is 0 Å². The normalized spacial score (nSPS) is 14.4. The Bertz CT molecular complexity index is 1220. The first-order valence-electron chi connectivity index (χ1n) is 10.4. The summed E-state index contributed by atoms with van der Waals surface area (Å²) in [5.41, 5.74) is 1.92. The summed E-state index contributed by atoms with van der Waals surface area (Å²) in [6, 6.07) is 12.4. The number of nitrogens with zero attached hydrogens (tertiary/aromatic N) is 4. The van der Waals surface area contributed by atoms with Gasteiger partial charge in [0.05, 0.1) is 21.4 Å². The number of nitrogens with one attached hydrogen (secondary N) is 1. The Morgan fingerprint density at radius 1 is 1.24 bits per heavy atom. The standard InChI is InChI=1S/C19H18ClN5S.C4H4O4.H2/c20-17-9-16-18(22-12-23-19(16)26-17)24-15-4-6-25(7-5-15)11-14-3-1-2-13(8-14)10-21;5-3(6)1-2-4(7)8;/h1-3,8-9,12,15H,4-7,11H2,(H,22,23,24);1-2H,(H,5,6)(H,7,8);1H/b;2-1-;. The molecule has 1 aliphatic rings. The molecule has 1 aromatic carbocycles. The highest BCUT2D eigenvalue weighted by Crippen LogP contribution is 2.32. The molecule has 4 rings (SSSR count). The minimum Gasteiger partial charge on any atom is -0.478 e. The number of hydrogen-bond donors (Lipinski definition) is 3. The Morgan fingerprint density at radius 3 is 2.59 bits per heavy atom. The van der Waals surface area contributed by atoms with Crippen molar-refractivity contribution in [3.05, 3.63) is 64.3 Å². The van der Waals surface area contributed by atoms with Gasteiger partial charge in [0.25, 0.3) is 0 Å². The van der Waals surface area contributed by atoms with E-state index in [2.05, 4.69) is 32.3 Å². The van der Waals surface area contributed by atoms with E-state index in [0.29, 0.717) is 18.2 Å². The summed E-state index contributed by atoms with van der Waals surface area (Å²) in [6.45, 7) is 2.93. The maximum atomic E-state index is 9.55. The van der Waals surface area contributed by atoms with Crippen LogP contribution in [0.2, 0.25) is 4.34 Å². The van der Waals surface area contributed by atoms with Crippen molar-refractivity contribution < 1.29 is 21.2 Å². The van der Waals surface area contributed by atoms with Crippen molar-refractivity contribution in [3.8, 4) is 6.07 Å². The molecule has 0 saturated carbocycles.